The van der Waals surface area contributed by atoms with Crippen molar-refractivity contribution >= 4 is 56.5 Å². The lowest BCUT2D eigenvalue weighted by molar-refractivity contribution is 0.409. The molecular formula is C51H40N4Si. The molecule has 268 valence electrons. The number of amidine groups is 1. The molecule has 1 aliphatic rings. The van der Waals surface area contributed by atoms with Crippen molar-refractivity contribution in [3.63, 3.8) is 0 Å². The van der Waals surface area contributed by atoms with Gasteiger partial charge in [-0.05, 0) is 56.1 Å². The van der Waals surface area contributed by atoms with Crippen LogP contribution in [-0.2, 0) is 0 Å². The molecular weight excluding hydrogens is 697 g/mol. The molecule has 56 heavy (non-hydrogen) atoms. The molecule has 0 saturated heterocycles. The Morgan fingerprint density at radius 1 is 0.429 bits per heavy atom. The maximum Gasteiger partial charge on any atom is 0.179 e. The second kappa shape index (κ2) is 14.5. The van der Waals surface area contributed by atoms with Gasteiger partial charge < -0.3 is 9.88 Å². The standard InChI is InChI=1S/C51H40N4Si/c1-6-19-37(20-7-1)49-52-50(38-21-8-2-9-22-38)54-51(53-49)39-23-18-24-40(35-39)55-47-32-17-16-31-45(47)46-36-44(33-34-48(46)55)56(41-25-10-3-11-26-41,42-27-12-4-13-28-42)43-29-14-5-15-30-43/h1-36,49-50,52H,(H,53,54). The lowest BCUT2D eigenvalue weighted by atomic mass is 10.1. The van der Waals surface area contributed by atoms with Crippen molar-refractivity contribution in [1.82, 2.24) is 15.2 Å². The third kappa shape index (κ3) is 5.85. The van der Waals surface area contributed by atoms with Gasteiger partial charge in [0.1, 0.15) is 18.2 Å². The first-order chi connectivity index (χ1) is 27.8. The molecule has 2 unspecified atom stereocenters. The quantitative estimate of drug-likeness (QED) is 0.121. The van der Waals surface area contributed by atoms with Gasteiger partial charge in [0.15, 0.2) is 8.07 Å². The summed E-state index contributed by atoms with van der Waals surface area (Å²) in [5.74, 6) is 0.862. The Balaban J connectivity index is 1.15. The molecule has 2 heterocycles. The number of para-hydroxylation sites is 1. The van der Waals surface area contributed by atoms with Crippen molar-refractivity contribution in [1.29, 1.82) is 0 Å². The molecule has 0 saturated carbocycles. The summed E-state index contributed by atoms with van der Waals surface area (Å²) in [6.45, 7) is 0. The zero-order valence-corrected chi connectivity index (χ0v) is 31.8. The number of aromatic nitrogens is 1. The van der Waals surface area contributed by atoms with Crippen LogP contribution in [0.2, 0.25) is 0 Å². The molecule has 0 aliphatic carbocycles. The lowest BCUT2D eigenvalue weighted by Gasteiger charge is -2.34. The summed E-state index contributed by atoms with van der Waals surface area (Å²) in [5, 5.41) is 15.4. The van der Waals surface area contributed by atoms with Gasteiger partial charge in [-0.15, -0.1) is 0 Å². The van der Waals surface area contributed by atoms with Crippen molar-refractivity contribution < 1.29 is 0 Å². The number of rotatable bonds is 8. The van der Waals surface area contributed by atoms with Crippen molar-refractivity contribution in [2.75, 3.05) is 0 Å². The van der Waals surface area contributed by atoms with E-state index in [1.165, 1.54) is 42.6 Å². The molecule has 0 radical (unpaired) electrons. The fourth-order valence-corrected chi connectivity index (χ4v) is 13.4. The number of hydrogen-bond donors (Lipinski definition) is 2. The summed E-state index contributed by atoms with van der Waals surface area (Å²) in [6.07, 6.45) is -0.302. The highest BCUT2D eigenvalue weighted by Crippen LogP contribution is 2.33. The number of nitrogens with zero attached hydrogens (tertiary/aromatic N) is 2. The van der Waals surface area contributed by atoms with Crippen molar-refractivity contribution in [2.24, 2.45) is 4.99 Å². The Kier molecular flexibility index (Phi) is 8.71. The first-order valence-electron chi connectivity index (χ1n) is 19.3. The number of hydrogen-bond acceptors (Lipinski definition) is 3. The molecule has 5 heteroatoms. The fourth-order valence-electron chi connectivity index (χ4n) is 8.67. The zero-order valence-electron chi connectivity index (χ0n) is 30.8. The van der Waals surface area contributed by atoms with Gasteiger partial charge in [0, 0.05) is 22.0 Å². The first-order valence-corrected chi connectivity index (χ1v) is 21.3. The molecule has 0 spiro atoms. The predicted octanol–water partition coefficient (Wildman–Crippen LogP) is 8.50. The first kappa shape index (κ1) is 33.8. The summed E-state index contributed by atoms with van der Waals surface area (Å²) < 4.78 is 2.42. The SMILES string of the molecule is c1ccc(C2N=C(c3cccc(-n4c5ccccc5c5cc([Si](c6ccccc6)(c6ccccc6)c6ccccc6)ccc54)c3)NC(c3ccccc3)N2)cc1. The summed E-state index contributed by atoms with van der Waals surface area (Å²) in [5.41, 5.74) is 6.77. The van der Waals surface area contributed by atoms with Crippen LogP contribution in [0.5, 0.6) is 0 Å². The molecule has 9 aromatic rings. The van der Waals surface area contributed by atoms with E-state index in [9.17, 15) is 0 Å². The van der Waals surface area contributed by atoms with Crippen molar-refractivity contribution in [2.45, 2.75) is 12.3 Å². The highest BCUT2D eigenvalue weighted by molar-refractivity contribution is 7.20. The highest BCUT2D eigenvalue weighted by Gasteiger charge is 2.41. The molecule has 1 aromatic heterocycles. The Hall–Kier alpha value is -6.79. The van der Waals surface area contributed by atoms with Crippen LogP contribution in [0.15, 0.2) is 223 Å². The number of aliphatic imine (C=N–C) groups is 1. The van der Waals surface area contributed by atoms with E-state index in [2.05, 4.69) is 234 Å². The van der Waals surface area contributed by atoms with Gasteiger partial charge in [-0.25, -0.2) is 4.99 Å². The molecule has 1 aliphatic heterocycles. The molecule has 4 nitrogen and oxygen atoms in total. The Morgan fingerprint density at radius 2 is 0.964 bits per heavy atom. The average Bonchev–Trinajstić information content (AvgIpc) is 3.62. The number of benzene rings is 8. The minimum absolute atomic E-state index is 0.104. The summed E-state index contributed by atoms with van der Waals surface area (Å²) in [7, 11) is -2.71. The monoisotopic (exact) mass is 736 g/mol. The van der Waals surface area contributed by atoms with E-state index in [1.807, 2.05) is 0 Å². The minimum atomic E-state index is -2.71. The van der Waals surface area contributed by atoms with Gasteiger partial charge in [0.25, 0.3) is 0 Å². The highest BCUT2D eigenvalue weighted by atomic mass is 28.3. The molecule has 0 amide bonds. The second-order valence-corrected chi connectivity index (χ2v) is 18.2. The van der Waals surface area contributed by atoms with Gasteiger partial charge in [-0.1, -0.05) is 194 Å². The Labute approximate surface area is 328 Å². The molecule has 10 rings (SSSR count). The maximum absolute atomic E-state index is 5.26. The van der Waals surface area contributed by atoms with E-state index >= 15 is 0 Å². The smallest absolute Gasteiger partial charge is 0.179 e. The van der Waals surface area contributed by atoms with Crippen LogP contribution in [0, 0.1) is 0 Å². The summed E-state index contributed by atoms with van der Waals surface area (Å²) in [6, 6.07) is 79.3. The lowest BCUT2D eigenvalue weighted by Crippen LogP contribution is -2.74. The largest absolute Gasteiger partial charge is 0.350 e. The van der Waals surface area contributed by atoms with Crippen LogP contribution in [0.3, 0.4) is 0 Å². The van der Waals surface area contributed by atoms with Gasteiger partial charge in [0.2, 0.25) is 0 Å². The van der Waals surface area contributed by atoms with Crippen molar-refractivity contribution in [3.05, 3.63) is 235 Å². The minimum Gasteiger partial charge on any atom is -0.350 e. The third-order valence-corrected chi connectivity index (χ3v) is 16.0. The van der Waals surface area contributed by atoms with Crippen LogP contribution in [0.25, 0.3) is 27.5 Å². The van der Waals surface area contributed by atoms with Gasteiger partial charge in [0.05, 0.1) is 11.0 Å². The zero-order chi connectivity index (χ0) is 37.3. The number of fused-ring (bicyclic) bond motifs is 3. The van der Waals surface area contributed by atoms with E-state index in [-0.39, 0.29) is 12.3 Å². The molecule has 2 atom stereocenters. The second-order valence-electron chi connectivity index (χ2n) is 14.4. The van der Waals surface area contributed by atoms with E-state index < -0.39 is 8.07 Å². The van der Waals surface area contributed by atoms with Gasteiger partial charge in [-0.3, -0.25) is 5.32 Å². The average molecular weight is 737 g/mol. The molecule has 8 aromatic carbocycles. The van der Waals surface area contributed by atoms with E-state index in [1.54, 1.807) is 0 Å². The van der Waals surface area contributed by atoms with E-state index in [0.29, 0.717) is 0 Å². The fraction of sp³-hybridized carbons (Fsp3) is 0.0392. The Morgan fingerprint density at radius 3 is 1.59 bits per heavy atom. The summed E-state index contributed by atoms with van der Waals surface area (Å²) in [4.78, 5) is 5.26. The van der Waals surface area contributed by atoms with Crippen LogP contribution in [0.4, 0.5) is 0 Å². The maximum atomic E-state index is 5.26. The van der Waals surface area contributed by atoms with Crippen LogP contribution >= 0.6 is 0 Å². The van der Waals surface area contributed by atoms with Crippen LogP contribution in [0.1, 0.15) is 29.0 Å². The number of nitrogens with one attached hydrogen (secondary N) is 2. The molecule has 0 fully saturated rings. The topological polar surface area (TPSA) is 41.4 Å². The van der Waals surface area contributed by atoms with E-state index in [0.717, 1.165) is 28.2 Å². The van der Waals surface area contributed by atoms with Gasteiger partial charge in [-0.2, -0.15) is 0 Å². The predicted molar refractivity (Wildman–Crippen MR) is 236 cm³/mol. The molecule has 2 N–H and O–H groups in total. The van der Waals surface area contributed by atoms with Crippen LogP contribution in [-0.4, -0.2) is 18.5 Å². The van der Waals surface area contributed by atoms with Gasteiger partial charge >= 0.3 is 0 Å². The Bertz CT molecular complexity index is 2700. The summed E-state index contributed by atoms with van der Waals surface area (Å²) >= 11 is 0. The van der Waals surface area contributed by atoms with Crippen LogP contribution < -0.4 is 31.4 Å². The van der Waals surface area contributed by atoms with Crippen molar-refractivity contribution in [3.8, 4) is 5.69 Å². The molecule has 0 bridgehead atoms. The third-order valence-electron chi connectivity index (χ3n) is 11.2. The normalized spacial score (nSPS) is 15.7. The van der Waals surface area contributed by atoms with E-state index in [4.69, 9.17) is 4.99 Å².